The standard InChI is InChI=1S/C22H27NO5/c1-22(2,3)17-12-16(10-11-19(17)24)13-18(20(25)27-4)23-21(26)28-14-15-8-6-5-7-9-15/h5-12,18,24H,13-14H2,1-4H3,(H,23,26)/t18-/m0/s1. The summed E-state index contributed by atoms with van der Waals surface area (Å²) in [5.41, 5.74) is 2.14. The average Bonchev–Trinajstić information content (AvgIpc) is 2.66. The van der Waals surface area contributed by atoms with E-state index in [9.17, 15) is 14.7 Å². The van der Waals surface area contributed by atoms with Crippen molar-refractivity contribution in [1.82, 2.24) is 5.32 Å². The fraction of sp³-hybridized carbons (Fsp3) is 0.364. The van der Waals surface area contributed by atoms with E-state index in [4.69, 9.17) is 9.47 Å². The summed E-state index contributed by atoms with van der Waals surface area (Å²) in [6.45, 7) is 6.07. The number of rotatable bonds is 6. The summed E-state index contributed by atoms with van der Waals surface area (Å²) in [4.78, 5) is 24.3. The van der Waals surface area contributed by atoms with Gasteiger partial charge in [-0.3, -0.25) is 0 Å². The monoisotopic (exact) mass is 385 g/mol. The maximum atomic E-state index is 12.1. The Labute approximate surface area is 165 Å². The van der Waals surface area contributed by atoms with Gasteiger partial charge in [-0.05, 0) is 28.2 Å². The highest BCUT2D eigenvalue weighted by atomic mass is 16.6. The minimum Gasteiger partial charge on any atom is -0.508 e. The van der Waals surface area contributed by atoms with Crippen LogP contribution in [0, 0.1) is 0 Å². The van der Waals surface area contributed by atoms with Gasteiger partial charge in [0, 0.05) is 6.42 Å². The lowest BCUT2D eigenvalue weighted by molar-refractivity contribution is -0.143. The van der Waals surface area contributed by atoms with E-state index in [0.29, 0.717) is 0 Å². The zero-order valence-electron chi connectivity index (χ0n) is 16.7. The first-order valence-electron chi connectivity index (χ1n) is 9.08. The highest BCUT2D eigenvalue weighted by Crippen LogP contribution is 2.31. The first-order valence-corrected chi connectivity index (χ1v) is 9.08. The number of carbonyl (C=O) groups excluding carboxylic acids is 2. The summed E-state index contributed by atoms with van der Waals surface area (Å²) in [5.74, 6) is -0.372. The van der Waals surface area contributed by atoms with Gasteiger partial charge in [0.05, 0.1) is 7.11 Å². The quantitative estimate of drug-likeness (QED) is 0.741. The van der Waals surface area contributed by atoms with Crippen molar-refractivity contribution < 1.29 is 24.2 Å². The summed E-state index contributed by atoms with van der Waals surface area (Å²) in [7, 11) is 1.27. The normalized spacial score (nSPS) is 12.1. The smallest absolute Gasteiger partial charge is 0.408 e. The Morgan fingerprint density at radius 1 is 1.07 bits per heavy atom. The zero-order chi connectivity index (χ0) is 20.7. The molecule has 1 amide bonds. The van der Waals surface area contributed by atoms with E-state index in [-0.39, 0.29) is 24.2 Å². The van der Waals surface area contributed by atoms with Crippen molar-refractivity contribution in [3.8, 4) is 5.75 Å². The summed E-state index contributed by atoms with van der Waals surface area (Å²) in [6.07, 6.45) is -0.481. The van der Waals surface area contributed by atoms with Gasteiger partial charge in [-0.25, -0.2) is 9.59 Å². The first-order chi connectivity index (χ1) is 13.2. The molecule has 0 spiro atoms. The molecule has 1 atom stereocenters. The van der Waals surface area contributed by atoms with Gasteiger partial charge in [0.25, 0.3) is 0 Å². The van der Waals surface area contributed by atoms with Crippen LogP contribution in [0.25, 0.3) is 0 Å². The van der Waals surface area contributed by atoms with E-state index >= 15 is 0 Å². The van der Waals surface area contributed by atoms with Crippen molar-refractivity contribution >= 4 is 12.1 Å². The lowest BCUT2D eigenvalue weighted by Crippen LogP contribution is -2.43. The number of carbonyl (C=O) groups is 2. The molecule has 2 rings (SSSR count). The Hall–Kier alpha value is -3.02. The summed E-state index contributed by atoms with van der Waals surface area (Å²) < 4.78 is 10.0. The van der Waals surface area contributed by atoms with Gasteiger partial charge in [0.1, 0.15) is 18.4 Å². The molecule has 0 radical (unpaired) electrons. The SMILES string of the molecule is COC(=O)[C@H](Cc1ccc(O)c(C(C)(C)C)c1)NC(=O)OCc1ccccc1. The van der Waals surface area contributed by atoms with Crippen LogP contribution in [-0.2, 0) is 32.7 Å². The summed E-state index contributed by atoms with van der Waals surface area (Å²) in [5, 5.41) is 12.7. The number of hydrogen-bond donors (Lipinski definition) is 2. The molecule has 6 nitrogen and oxygen atoms in total. The fourth-order valence-corrected chi connectivity index (χ4v) is 2.79. The molecule has 0 saturated carbocycles. The number of aromatic hydroxyl groups is 1. The second kappa shape index (κ2) is 9.26. The molecule has 150 valence electrons. The highest BCUT2D eigenvalue weighted by molar-refractivity contribution is 5.81. The molecular weight excluding hydrogens is 358 g/mol. The van der Waals surface area contributed by atoms with E-state index in [1.165, 1.54) is 7.11 Å². The second-order valence-electron chi connectivity index (χ2n) is 7.59. The van der Waals surface area contributed by atoms with E-state index in [1.54, 1.807) is 12.1 Å². The van der Waals surface area contributed by atoms with Crippen LogP contribution in [0.4, 0.5) is 4.79 Å². The molecule has 2 N–H and O–H groups in total. The molecule has 0 aliphatic heterocycles. The summed E-state index contributed by atoms with van der Waals surface area (Å²) in [6, 6.07) is 13.5. The van der Waals surface area contributed by atoms with Gasteiger partial charge in [0.2, 0.25) is 0 Å². The van der Waals surface area contributed by atoms with Crippen molar-refractivity contribution in [3.05, 3.63) is 65.2 Å². The molecular formula is C22H27NO5. The number of benzene rings is 2. The van der Waals surface area contributed by atoms with Crippen LogP contribution in [0.2, 0.25) is 0 Å². The average molecular weight is 385 g/mol. The van der Waals surface area contributed by atoms with Crippen LogP contribution in [0.15, 0.2) is 48.5 Å². The van der Waals surface area contributed by atoms with Gasteiger partial charge >= 0.3 is 12.1 Å². The fourth-order valence-electron chi connectivity index (χ4n) is 2.79. The number of methoxy groups -OCH3 is 1. The molecule has 0 bridgehead atoms. The molecule has 0 aliphatic rings. The number of esters is 1. The maximum absolute atomic E-state index is 12.1. The van der Waals surface area contributed by atoms with Crippen LogP contribution >= 0.6 is 0 Å². The summed E-state index contributed by atoms with van der Waals surface area (Å²) >= 11 is 0. The van der Waals surface area contributed by atoms with Crippen molar-refractivity contribution in [2.45, 2.75) is 45.3 Å². The Bertz CT molecular complexity index is 811. The minimum atomic E-state index is -0.898. The molecule has 0 saturated heterocycles. The van der Waals surface area contributed by atoms with Crippen molar-refractivity contribution in [3.63, 3.8) is 0 Å². The van der Waals surface area contributed by atoms with Crippen LogP contribution < -0.4 is 5.32 Å². The predicted octanol–water partition coefficient (Wildman–Crippen LogP) is 3.70. The zero-order valence-corrected chi connectivity index (χ0v) is 16.7. The lowest BCUT2D eigenvalue weighted by Gasteiger charge is -2.22. The number of hydrogen-bond acceptors (Lipinski definition) is 5. The number of nitrogens with one attached hydrogen (secondary N) is 1. The number of amides is 1. The molecule has 0 unspecified atom stereocenters. The van der Waals surface area contributed by atoms with Crippen LogP contribution in [0.3, 0.4) is 0 Å². The van der Waals surface area contributed by atoms with Crippen LogP contribution in [-0.4, -0.2) is 30.3 Å². The van der Waals surface area contributed by atoms with Crippen molar-refractivity contribution in [2.75, 3.05) is 7.11 Å². The largest absolute Gasteiger partial charge is 0.508 e. The maximum Gasteiger partial charge on any atom is 0.408 e. The molecule has 28 heavy (non-hydrogen) atoms. The number of alkyl carbamates (subject to hydrolysis) is 1. The molecule has 0 aliphatic carbocycles. The van der Waals surface area contributed by atoms with E-state index < -0.39 is 18.1 Å². The molecule has 2 aromatic carbocycles. The molecule has 2 aromatic rings. The minimum absolute atomic E-state index is 0.105. The third-order valence-corrected chi connectivity index (χ3v) is 4.30. The third-order valence-electron chi connectivity index (χ3n) is 4.30. The van der Waals surface area contributed by atoms with Gasteiger partial charge in [-0.15, -0.1) is 0 Å². The van der Waals surface area contributed by atoms with Gasteiger partial charge < -0.3 is 19.9 Å². The van der Waals surface area contributed by atoms with E-state index in [1.807, 2.05) is 57.2 Å². The second-order valence-corrected chi connectivity index (χ2v) is 7.59. The third kappa shape index (κ3) is 6.01. The molecule has 0 fully saturated rings. The predicted molar refractivity (Wildman–Crippen MR) is 106 cm³/mol. The Kier molecular flexibility index (Phi) is 7.04. The molecule has 0 aromatic heterocycles. The first kappa shape index (κ1) is 21.3. The lowest BCUT2D eigenvalue weighted by atomic mass is 9.85. The Morgan fingerprint density at radius 3 is 2.36 bits per heavy atom. The van der Waals surface area contributed by atoms with Gasteiger partial charge in [-0.1, -0.05) is 63.2 Å². The van der Waals surface area contributed by atoms with Crippen LogP contribution in [0.5, 0.6) is 5.75 Å². The number of phenols is 1. The number of phenolic OH excluding ortho intramolecular Hbond substituents is 1. The van der Waals surface area contributed by atoms with E-state index in [2.05, 4.69) is 5.32 Å². The Morgan fingerprint density at radius 2 is 1.75 bits per heavy atom. The van der Waals surface area contributed by atoms with E-state index in [0.717, 1.165) is 16.7 Å². The number of ether oxygens (including phenoxy) is 2. The molecule has 6 heteroatoms. The van der Waals surface area contributed by atoms with Gasteiger partial charge in [-0.2, -0.15) is 0 Å². The van der Waals surface area contributed by atoms with Crippen molar-refractivity contribution in [2.24, 2.45) is 0 Å². The van der Waals surface area contributed by atoms with Crippen LogP contribution in [0.1, 0.15) is 37.5 Å². The van der Waals surface area contributed by atoms with Crippen molar-refractivity contribution in [1.29, 1.82) is 0 Å². The highest BCUT2D eigenvalue weighted by Gasteiger charge is 2.24. The topological polar surface area (TPSA) is 84.9 Å². The van der Waals surface area contributed by atoms with Gasteiger partial charge in [0.15, 0.2) is 0 Å². The molecule has 0 heterocycles. The Balaban J connectivity index is 2.07.